The van der Waals surface area contributed by atoms with Crippen molar-refractivity contribution in [1.29, 1.82) is 0 Å². The SMILES string of the molecule is COc1cnc([C@H](OC(C)C)[C@H](C)S(=O)(=O)N=C(NNC(=O)c2cncc(C)c2)Nc2c(OC)cccc2OC)cn1. The number of nitrogens with one attached hydrogen (secondary N) is 3. The summed E-state index contributed by atoms with van der Waals surface area (Å²) in [6.07, 6.45) is 4.34. The van der Waals surface area contributed by atoms with Crippen LogP contribution in [0.1, 0.15) is 48.5 Å². The number of methoxy groups -OCH3 is 3. The fraction of sp³-hybridized carbons (Fsp3) is 0.370. The first kappa shape index (κ1) is 32.0. The molecule has 2 aromatic heterocycles. The highest BCUT2D eigenvalue weighted by Gasteiger charge is 2.34. The van der Waals surface area contributed by atoms with Gasteiger partial charge in [0, 0.05) is 12.4 Å². The summed E-state index contributed by atoms with van der Waals surface area (Å²) in [5.41, 5.74) is 6.57. The van der Waals surface area contributed by atoms with E-state index < -0.39 is 27.3 Å². The number of ether oxygens (including phenoxy) is 4. The van der Waals surface area contributed by atoms with Gasteiger partial charge in [-0.2, -0.15) is 0 Å². The van der Waals surface area contributed by atoms with Gasteiger partial charge < -0.3 is 24.3 Å². The fourth-order valence-corrected chi connectivity index (χ4v) is 4.72. The Morgan fingerprint density at radius 3 is 2.17 bits per heavy atom. The van der Waals surface area contributed by atoms with Crippen LogP contribution in [-0.4, -0.2) is 67.9 Å². The molecule has 3 N–H and O–H groups in total. The molecule has 0 spiro atoms. The molecular formula is C27H35N7O7S. The Balaban J connectivity index is 2.02. The van der Waals surface area contributed by atoms with E-state index >= 15 is 0 Å². The molecule has 0 fully saturated rings. The molecule has 42 heavy (non-hydrogen) atoms. The van der Waals surface area contributed by atoms with Gasteiger partial charge in [0.05, 0.1) is 51.1 Å². The van der Waals surface area contributed by atoms with Crippen molar-refractivity contribution in [1.82, 2.24) is 25.8 Å². The Hall–Kier alpha value is -4.50. The predicted octanol–water partition coefficient (Wildman–Crippen LogP) is 2.79. The monoisotopic (exact) mass is 601 g/mol. The van der Waals surface area contributed by atoms with E-state index in [0.29, 0.717) is 11.5 Å². The fourth-order valence-electron chi connectivity index (χ4n) is 3.70. The number of hydrogen-bond donors (Lipinski definition) is 3. The average molecular weight is 602 g/mol. The molecule has 3 aromatic rings. The molecule has 3 rings (SSSR count). The van der Waals surface area contributed by atoms with Crippen molar-refractivity contribution in [3.05, 3.63) is 65.9 Å². The van der Waals surface area contributed by atoms with E-state index in [1.807, 2.05) is 0 Å². The average Bonchev–Trinajstić information content (AvgIpc) is 2.98. The molecule has 2 atom stereocenters. The number of carbonyl (C=O) groups is 1. The number of aromatic nitrogens is 3. The first-order valence-corrected chi connectivity index (χ1v) is 14.3. The molecule has 0 radical (unpaired) electrons. The van der Waals surface area contributed by atoms with Gasteiger partial charge in [-0.15, -0.1) is 4.40 Å². The summed E-state index contributed by atoms with van der Waals surface area (Å²) in [5.74, 6) is 0.00280. The maximum atomic E-state index is 13.7. The quantitative estimate of drug-likeness (QED) is 0.167. The van der Waals surface area contributed by atoms with Crippen LogP contribution in [-0.2, 0) is 14.8 Å². The van der Waals surface area contributed by atoms with Crippen LogP contribution in [0.3, 0.4) is 0 Å². The summed E-state index contributed by atoms with van der Waals surface area (Å²) in [4.78, 5) is 25.2. The standard InChI is InChI=1S/C27H35N7O7S/c1-16(2)41-25(20-14-30-23(40-7)15-29-20)18(4)42(36,37)34-27(31-24-21(38-5)9-8-10-22(24)39-6)33-32-26(35)19-11-17(3)12-28-13-19/h8-16,18,25H,1-7H3,(H,32,35)(H2,31,33,34)/t18-,25+/m0/s1. The zero-order valence-electron chi connectivity index (χ0n) is 24.4. The van der Waals surface area contributed by atoms with Crippen molar-refractivity contribution in [2.75, 3.05) is 26.6 Å². The van der Waals surface area contributed by atoms with Gasteiger partial charge in [-0.1, -0.05) is 6.07 Å². The maximum absolute atomic E-state index is 13.7. The topological polar surface area (TPSA) is 175 Å². The van der Waals surface area contributed by atoms with Crippen LogP contribution >= 0.6 is 0 Å². The number of para-hydroxylation sites is 1. The summed E-state index contributed by atoms with van der Waals surface area (Å²) in [7, 11) is -0.0210. The highest BCUT2D eigenvalue weighted by Crippen LogP contribution is 2.34. The molecule has 14 nitrogen and oxygen atoms in total. The first-order chi connectivity index (χ1) is 20.0. The van der Waals surface area contributed by atoms with Gasteiger partial charge in [-0.3, -0.25) is 25.6 Å². The van der Waals surface area contributed by atoms with Crippen molar-refractivity contribution in [3.63, 3.8) is 0 Å². The Kier molecular flexibility index (Phi) is 11.0. The third-order valence-electron chi connectivity index (χ3n) is 5.79. The Morgan fingerprint density at radius 1 is 0.929 bits per heavy atom. The van der Waals surface area contributed by atoms with Gasteiger partial charge in [0.2, 0.25) is 11.8 Å². The minimum absolute atomic E-state index is 0.247. The van der Waals surface area contributed by atoms with Crippen LogP contribution in [0.15, 0.2) is 53.5 Å². The van der Waals surface area contributed by atoms with E-state index in [0.717, 1.165) is 5.56 Å². The molecule has 0 aliphatic carbocycles. The lowest BCUT2D eigenvalue weighted by molar-refractivity contribution is 0.00382. The molecule has 0 saturated heterocycles. The number of pyridine rings is 1. The second kappa shape index (κ2) is 14.4. The summed E-state index contributed by atoms with van der Waals surface area (Å²) < 4.78 is 53.3. The van der Waals surface area contributed by atoms with Crippen molar-refractivity contribution < 1.29 is 32.2 Å². The van der Waals surface area contributed by atoms with Gasteiger partial charge in [0.25, 0.3) is 15.9 Å². The van der Waals surface area contributed by atoms with E-state index in [-0.39, 0.29) is 34.9 Å². The number of sulfonamides is 1. The lowest BCUT2D eigenvalue weighted by Crippen LogP contribution is -2.46. The van der Waals surface area contributed by atoms with Crippen LogP contribution in [0.5, 0.6) is 17.4 Å². The molecule has 226 valence electrons. The third-order valence-corrected chi connectivity index (χ3v) is 7.41. The van der Waals surface area contributed by atoms with Crippen molar-refractivity contribution in [2.45, 2.75) is 45.2 Å². The van der Waals surface area contributed by atoms with Gasteiger partial charge in [0.15, 0.2) is 0 Å². The zero-order valence-corrected chi connectivity index (χ0v) is 25.2. The lowest BCUT2D eigenvalue weighted by Gasteiger charge is -2.25. The highest BCUT2D eigenvalue weighted by atomic mass is 32.2. The smallest absolute Gasteiger partial charge is 0.271 e. The number of carbonyl (C=O) groups excluding carboxylic acids is 1. The van der Waals surface area contributed by atoms with E-state index in [4.69, 9.17) is 18.9 Å². The molecule has 0 aliphatic rings. The molecular weight excluding hydrogens is 566 g/mol. The summed E-state index contributed by atoms with van der Waals surface area (Å²) >= 11 is 0. The number of amides is 1. The molecule has 0 bridgehead atoms. The minimum atomic E-state index is -4.35. The molecule has 1 aromatic carbocycles. The number of benzene rings is 1. The number of anilines is 1. The van der Waals surface area contributed by atoms with E-state index in [9.17, 15) is 13.2 Å². The molecule has 15 heteroatoms. The van der Waals surface area contributed by atoms with E-state index in [1.165, 1.54) is 46.8 Å². The number of hydrogen-bond acceptors (Lipinski definition) is 10. The molecule has 0 unspecified atom stereocenters. The maximum Gasteiger partial charge on any atom is 0.271 e. The Labute approximate surface area is 244 Å². The van der Waals surface area contributed by atoms with Crippen molar-refractivity contribution >= 4 is 27.6 Å². The normalized spacial score (nSPS) is 13.2. The summed E-state index contributed by atoms with van der Waals surface area (Å²) in [6.45, 7) is 6.77. The third kappa shape index (κ3) is 8.27. The summed E-state index contributed by atoms with van der Waals surface area (Å²) in [5, 5.41) is 1.64. The van der Waals surface area contributed by atoms with Gasteiger partial charge in [-0.05, 0) is 51.5 Å². The second-order valence-corrected chi connectivity index (χ2v) is 11.2. The lowest BCUT2D eigenvalue weighted by atomic mass is 10.2. The largest absolute Gasteiger partial charge is 0.494 e. The number of aryl methyl sites for hydroxylation is 1. The molecule has 0 aliphatic heterocycles. The Morgan fingerprint density at radius 2 is 1.62 bits per heavy atom. The molecule has 2 heterocycles. The molecule has 0 saturated carbocycles. The first-order valence-electron chi connectivity index (χ1n) is 12.8. The number of nitrogens with zero attached hydrogens (tertiary/aromatic N) is 4. The van der Waals surface area contributed by atoms with Crippen LogP contribution in [0.4, 0.5) is 5.69 Å². The van der Waals surface area contributed by atoms with Gasteiger partial charge in [-0.25, -0.2) is 13.4 Å². The van der Waals surface area contributed by atoms with Crippen LogP contribution < -0.4 is 30.4 Å². The van der Waals surface area contributed by atoms with Crippen molar-refractivity contribution in [3.8, 4) is 17.4 Å². The zero-order chi connectivity index (χ0) is 30.9. The number of hydrazine groups is 1. The van der Waals surface area contributed by atoms with Crippen LogP contribution in [0.25, 0.3) is 0 Å². The number of rotatable bonds is 11. The highest BCUT2D eigenvalue weighted by molar-refractivity contribution is 7.90. The Bertz CT molecular complexity index is 1480. The van der Waals surface area contributed by atoms with E-state index in [1.54, 1.807) is 51.2 Å². The minimum Gasteiger partial charge on any atom is -0.494 e. The van der Waals surface area contributed by atoms with Crippen LogP contribution in [0, 0.1) is 6.92 Å². The van der Waals surface area contributed by atoms with Crippen LogP contribution in [0.2, 0.25) is 0 Å². The van der Waals surface area contributed by atoms with E-state index in [2.05, 4.69) is 35.5 Å². The van der Waals surface area contributed by atoms with Gasteiger partial charge >= 0.3 is 0 Å². The summed E-state index contributed by atoms with van der Waals surface area (Å²) in [6, 6.07) is 6.61. The molecule has 1 amide bonds. The predicted molar refractivity (Wildman–Crippen MR) is 156 cm³/mol. The van der Waals surface area contributed by atoms with Crippen molar-refractivity contribution in [2.24, 2.45) is 4.40 Å². The van der Waals surface area contributed by atoms with Gasteiger partial charge in [0.1, 0.15) is 28.5 Å². The second-order valence-electron chi connectivity index (χ2n) is 9.24. The number of guanidine groups is 1.